The molecule has 114 valence electrons. The van der Waals surface area contributed by atoms with E-state index in [2.05, 4.69) is 21.2 Å². The van der Waals surface area contributed by atoms with E-state index in [0.717, 1.165) is 17.0 Å². The largest absolute Gasteiger partial charge is 0.405 e. The van der Waals surface area contributed by atoms with Crippen LogP contribution in [-0.4, -0.2) is 37.5 Å². The van der Waals surface area contributed by atoms with Crippen LogP contribution in [0, 0.1) is 0 Å². The normalized spacial score (nSPS) is 11.7. The van der Waals surface area contributed by atoms with Crippen LogP contribution in [0.5, 0.6) is 0 Å². The lowest BCUT2D eigenvalue weighted by Gasteiger charge is -2.26. The maximum atomic E-state index is 12.5. The Morgan fingerprint density at radius 3 is 2.55 bits per heavy atom. The van der Waals surface area contributed by atoms with Crippen LogP contribution in [-0.2, 0) is 6.54 Å². The van der Waals surface area contributed by atoms with Gasteiger partial charge >= 0.3 is 6.18 Å². The minimum Gasteiger partial charge on any atom is -0.395 e. The molecule has 0 fully saturated rings. The quantitative estimate of drug-likeness (QED) is 0.790. The van der Waals surface area contributed by atoms with Gasteiger partial charge in [0.25, 0.3) is 0 Å². The van der Waals surface area contributed by atoms with Crippen molar-refractivity contribution in [3.63, 3.8) is 0 Å². The summed E-state index contributed by atoms with van der Waals surface area (Å²) in [7, 11) is 0. The monoisotopic (exact) mass is 354 g/mol. The highest BCUT2D eigenvalue weighted by atomic mass is 79.9. The summed E-state index contributed by atoms with van der Waals surface area (Å²) in [4.78, 5) is 1.11. The first kappa shape index (κ1) is 17.3. The summed E-state index contributed by atoms with van der Waals surface area (Å²) in [6, 6.07) is 5.21. The summed E-state index contributed by atoms with van der Waals surface area (Å²) < 4.78 is 38.2. The van der Waals surface area contributed by atoms with Crippen LogP contribution in [0.1, 0.15) is 12.5 Å². The molecule has 0 unspecified atom stereocenters. The Hall–Kier alpha value is -0.790. The Bertz CT molecular complexity index is 427. The van der Waals surface area contributed by atoms with Gasteiger partial charge in [-0.1, -0.05) is 13.0 Å². The van der Waals surface area contributed by atoms with Crippen molar-refractivity contribution in [3.8, 4) is 0 Å². The first-order valence-corrected chi connectivity index (χ1v) is 7.08. The number of hydrogen-bond acceptors (Lipinski definition) is 3. The van der Waals surface area contributed by atoms with E-state index in [1.165, 1.54) is 0 Å². The molecule has 1 aromatic carbocycles. The molecule has 20 heavy (non-hydrogen) atoms. The van der Waals surface area contributed by atoms with Gasteiger partial charge in [-0.15, -0.1) is 0 Å². The molecule has 1 aromatic rings. The van der Waals surface area contributed by atoms with Gasteiger partial charge in [0, 0.05) is 17.6 Å². The highest BCUT2D eigenvalue weighted by Gasteiger charge is 2.31. The van der Waals surface area contributed by atoms with Gasteiger partial charge in [-0.05, 0) is 40.2 Å². The molecule has 0 radical (unpaired) electrons. The van der Waals surface area contributed by atoms with E-state index in [9.17, 15) is 13.2 Å². The zero-order valence-corrected chi connectivity index (χ0v) is 12.8. The van der Waals surface area contributed by atoms with Crippen molar-refractivity contribution in [1.29, 1.82) is 0 Å². The molecule has 0 amide bonds. The third kappa shape index (κ3) is 5.68. The van der Waals surface area contributed by atoms with Crippen LogP contribution in [0.4, 0.5) is 18.9 Å². The van der Waals surface area contributed by atoms with Gasteiger partial charge < -0.3 is 15.3 Å². The zero-order chi connectivity index (χ0) is 15.2. The summed E-state index contributed by atoms with van der Waals surface area (Å²) >= 11 is 3.30. The summed E-state index contributed by atoms with van der Waals surface area (Å²) in [6.45, 7) is 1.99. The highest BCUT2D eigenvalue weighted by Crippen LogP contribution is 2.30. The van der Waals surface area contributed by atoms with E-state index in [1.54, 1.807) is 18.2 Å². The maximum Gasteiger partial charge on any atom is 0.405 e. The number of benzene rings is 1. The molecule has 1 rings (SSSR count). The number of aliphatic hydroxyl groups is 1. The van der Waals surface area contributed by atoms with Gasteiger partial charge in [0.2, 0.25) is 0 Å². The standard InChI is InChI=1S/C13H18BrF3N2O/c1-2-18-8-10-3-4-12(11(14)7-10)19(5-6-20)9-13(15,16)17/h3-4,7,18,20H,2,5-6,8-9H2,1H3. The van der Waals surface area contributed by atoms with Crippen molar-refractivity contribution >= 4 is 21.6 Å². The smallest absolute Gasteiger partial charge is 0.395 e. The van der Waals surface area contributed by atoms with Gasteiger partial charge in [-0.3, -0.25) is 0 Å². The van der Waals surface area contributed by atoms with Crippen molar-refractivity contribution in [3.05, 3.63) is 28.2 Å². The lowest BCUT2D eigenvalue weighted by Crippen LogP contribution is -2.36. The Kier molecular flexibility index (Phi) is 6.78. The summed E-state index contributed by atoms with van der Waals surface area (Å²) in [5.41, 5.74) is 1.41. The summed E-state index contributed by atoms with van der Waals surface area (Å²) in [5.74, 6) is 0. The molecule has 0 atom stereocenters. The van der Waals surface area contributed by atoms with E-state index in [-0.39, 0.29) is 13.2 Å². The second-order valence-corrected chi connectivity index (χ2v) is 5.18. The number of rotatable bonds is 7. The third-order valence-electron chi connectivity index (χ3n) is 2.67. The molecule has 0 aliphatic heterocycles. The van der Waals surface area contributed by atoms with Gasteiger partial charge in [-0.25, -0.2) is 0 Å². The SMILES string of the molecule is CCNCc1ccc(N(CCO)CC(F)(F)F)c(Br)c1. The number of anilines is 1. The number of nitrogens with zero attached hydrogens (tertiary/aromatic N) is 1. The molecule has 0 aliphatic rings. The number of halogens is 4. The number of aliphatic hydroxyl groups excluding tert-OH is 1. The summed E-state index contributed by atoms with van der Waals surface area (Å²) in [6.07, 6.45) is -4.31. The van der Waals surface area contributed by atoms with Crippen LogP contribution >= 0.6 is 15.9 Å². The van der Waals surface area contributed by atoms with Crippen LogP contribution in [0.3, 0.4) is 0 Å². The predicted octanol–water partition coefficient (Wildman–Crippen LogP) is 2.92. The Balaban J connectivity index is 2.90. The van der Waals surface area contributed by atoms with Crippen LogP contribution in [0.2, 0.25) is 0 Å². The Morgan fingerprint density at radius 2 is 2.05 bits per heavy atom. The van der Waals surface area contributed by atoms with Crippen LogP contribution in [0.25, 0.3) is 0 Å². The average Bonchev–Trinajstić information content (AvgIpc) is 2.34. The predicted molar refractivity (Wildman–Crippen MR) is 76.9 cm³/mol. The minimum atomic E-state index is -4.31. The van der Waals surface area contributed by atoms with Crippen molar-refractivity contribution in [2.24, 2.45) is 0 Å². The van der Waals surface area contributed by atoms with Gasteiger partial charge in [-0.2, -0.15) is 13.2 Å². The molecule has 0 aliphatic carbocycles. The molecule has 3 nitrogen and oxygen atoms in total. The van der Waals surface area contributed by atoms with Gasteiger partial charge in [0.15, 0.2) is 0 Å². The molecule has 0 aromatic heterocycles. The number of nitrogens with one attached hydrogen (secondary N) is 1. The molecular formula is C13H18BrF3N2O. The molecule has 0 heterocycles. The fourth-order valence-corrected chi connectivity index (χ4v) is 2.48. The van der Waals surface area contributed by atoms with Gasteiger partial charge in [0.1, 0.15) is 6.54 Å². The second-order valence-electron chi connectivity index (χ2n) is 4.33. The van der Waals surface area contributed by atoms with E-state index in [4.69, 9.17) is 5.11 Å². The van der Waals surface area contributed by atoms with E-state index < -0.39 is 12.7 Å². The van der Waals surface area contributed by atoms with Crippen LogP contribution < -0.4 is 10.2 Å². The lowest BCUT2D eigenvalue weighted by molar-refractivity contribution is -0.119. The fraction of sp³-hybridized carbons (Fsp3) is 0.538. The van der Waals surface area contributed by atoms with Crippen molar-refractivity contribution in [1.82, 2.24) is 5.32 Å². The molecule has 0 bridgehead atoms. The molecule has 0 saturated heterocycles. The molecule has 7 heteroatoms. The second kappa shape index (κ2) is 7.85. The van der Waals surface area contributed by atoms with E-state index in [0.29, 0.717) is 16.7 Å². The van der Waals surface area contributed by atoms with Crippen molar-refractivity contribution < 1.29 is 18.3 Å². The van der Waals surface area contributed by atoms with Crippen molar-refractivity contribution in [2.45, 2.75) is 19.6 Å². The Labute approximate surface area is 124 Å². The first-order valence-electron chi connectivity index (χ1n) is 6.29. The number of alkyl halides is 3. The molecule has 0 spiro atoms. The van der Waals surface area contributed by atoms with Crippen LogP contribution in [0.15, 0.2) is 22.7 Å². The topological polar surface area (TPSA) is 35.5 Å². The minimum absolute atomic E-state index is 0.0648. The Morgan fingerprint density at radius 1 is 1.35 bits per heavy atom. The van der Waals surface area contributed by atoms with Crippen molar-refractivity contribution in [2.75, 3.05) is 31.1 Å². The summed E-state index contributed by atoms with van der Waals surface area (Å²) in [5, 5.41) is 12.1. The van der Waals surface area contributed by atoms with E-state index >= 15 is 0 Å². The fourth-order valence-electron chi connectivity index (χ4n) is 1.81. The lowest BCUT2D eigenvalue weighted by atomic mass is 10.2. The average molecular weight is 355 g/mol. The molecule has 2 N–H and O–H groups in total. The highest BCUT2D eigenvalue weighted by molar-refractivity contribution is 9.10. The van der Waals surface area contributed by atoms with Gasteiger partial charge in [0.05, 0.1) is 12.3 Å². The molecular weight excluding hydrogens is 337 g/mol. The zero-order valence-electron chi connectivity index (χ0n) is 11.2. The van der Waals surface area contributed by atoms with E-state index in [1.807, 2.05) is 6.92 Å². The molecule has 0 saturated carbocycles. The third-order valence-corrected chi connectivity index (χ3v) is 3.31. The number of hydrogen-bond donors (Lipinski definition) is 2. The maximum absolute atomic E-state index is 12.5. The first-order chi connectivity index (χ1) is 9.37.